The Hall–Kier alpha value is -1.07. The first-order valence-corrected chi connectivity index (χ1v) is 6.92. The predicted molar refractivity (Wildman–Crippen MR) is 77.0 cm³/mol. The van der Waals surface area contributed by atoms with E-state index in [0.29, 0.717) is 19.9 Å². The number of phenols is 1. The van der Waals surface area contributed by atoms with Crippen LogP contribution in [-0.4, -0.2) is 17.7 Å². The number of fused-ring (bicyclic) bond motifs is 1. The number of aromatic hydroxyl groups is 1. The van der Waals surface area contributed by atoms with Crippen LogP contribution in [0, 0.1) is 0 Å². The normalized spacial score (nSPS) is 10.6. The third-order valence-electron chi connectivity index (χ3n) is 2.55. The van der Waals surface area contributed by atoms with Crippen LogP contribution in [0.3, 0.4) is 0 Å². The van der Waals surface area contributed by atoms with Crippen LogP contribution in [0.15, 0.2) is 33.2 Å². The Morgan fingerprint density at radius 2 is 1.83 bits per heavy atom. The van der Waals surface area contributed by atoms with Gasteiger partial charge in [-0.05, 0) is 38.8 Å². The maximum atomic E-state index is 11.9. The Kier molecular flexibility index (Phi) is 3.92. The molecule has 0 radical (unpaired) electrons. The molecular weight excluding hydrogens is 364 g/mol. The number of carbonyl (C=O) groups excluding carboxylic acids is 1. The van der Waals surface area contributed by atoms with Crippen molar-refractivity contribution in [2.45, 2.75) is 6.92 Å². The van der Waals surface area contributed by atoms with Crippen LogP contribution in [0.2, 0.25) is 0 Å². The van der Waals surface area contributed by atoms with Crippen molar-refractivity contribution in [3.05, 3.63) is 38.8 Å². The average molecular weight is 374 g/mol. The molecule has 0 heterocycles. The number of benzene rings is 2. The first kappa shape index (κ1) is 13.4. The summed E-state index contributed by atoms with van der Waals surface area (Å²) < 4.78 is 5.94. The molecule has 5 heteroatoms. The van der Waals surface area contributed by atoms with Crippen LogP contribution < -0.4 is 0 Å². The van der Waals surface area contributed by atoms with E-state index in [1.807, 2.05) is 18.2 Å². The van der Waals surface area contributed by atoms with Crippen molar-refractivity contribution in [1.29, 1.82) is 0 Å². The number of esters is 1. The molecule has 0 unspecified atom stereocenters. The zero-order chi connectivity index (χ0) is 13.3. The van der Waals surface area contributed by atoms with E-state index in [0.717, 1.165) is 5.39 Å². The molecule has 1 N–H and O–H groups in total. The van der Waals surface area contributed by atoms with Gasteiger partial charge in [0.05, 0.1) is 16.6 Å². The van der Waals surface area contributed by atoms with Gasteiger partial charge in [-0.15, -0.1) is 0 Å². The minimum Gasteiger partial charge on any atom is -0.506 e. The number of phenolic OH excluding ortho intramolecular Hbond substituents is 1. The molecule has 0 aromatic heterocycles. The van der Waals surface area contributed by atoms with Gasteiger partial charge in [-0.1, -0.05) is 24.3 Å². The maximum absolute atomic E-state index is 11.9. The molecule has 0 spiro atoms. The number of ether oxygens (including phenoxy) is 1. The molecule has 0 aliphatic carbocycles. The van der Waals surface area contributed by atoms with Crippen molar-refractivity contribution < 1.29 is 14.6 Å². The second-order valence-electron chi connectivity index (χ2n) is 3.62. The Bertz CT molecular complexity index is 623. The molecule has 2 aromatic carbocycles. The minimum atomic E-state index is -0.475. The number of carbonyl (C=O) groups is 1. The Labute approximate surface area is 121 Å². The molecule has 94 valence electrons. The summed E-state index contributed by atoms with van der Waals surface area (Å²) in [6.45, 7) is 2.02. The summed E-state index contributed by atoms with van der Waals surface area (Å²) >= 11 is 6.64. The topological polar surface area (TPSA) is 46.5 Å². The van der Waals surface area contributed by atoms with E-state index >= 15 is 0 Å². The minimum absolute atomic E-state index is 0.0388. The van der Waals surface area contributed by atoms with Gasteiger partial charge < -0.3 is 9.84 Å². The smallest absolute Gasteiger partial charge is 0.340 e. The van der Waals surface area contributed by atoms with Crippen LogP contribution >= 0.6 is 31.9 Å². The van der Waals surface area contributed by atoms with E-state index in [9.17, 15) is 9.90 Å². The van der Waals surface area contributed by atoms with Crippen LogP contribution in [0.1, 0.15) is 17.3 Å². The molecule has 18 heavy (non-hydrogen) atoms. The molecule has 3 nitrogen and oxygen atoms in total. The lowest BCUT2D eigenvalue weighted by Gasteiger charge is -2.12. The Balaban J connectivity index is 2.78. The molecule has 2 aromatic rings. The van der Waals surface area contributed by atoms with E-state index in [1.54, 1.807) is 13.0 Å². The third-order valence-corrected chi connectivity index (χ3v) is 4.14. The number of hydrogen-bond donors (Lipinski definition) is 1. The van der Waals surface area contributed by atoms with Crippen molar-refractivity contribution in [2.75, 3.05) is 6.61 Å². The number of rotatable bonds is 2. The standard InChI is InChI=1S/C13H10Br2O3/c1-2-18-13(17)9-10(14)7-5-3-4-6-8(7)12(16)11(9)15/h3-6,16H,2H2,1H3. The Morgan fingerprint density at radius 1 is 1.22 bits per heavy atom. The third kappa shape index (κ3) is 2.12. The van der Waals surface area contributed by atoms with Crippen LogP contribution in [0.25, 0.3) is 10.8 Å². The summed E-state index contributed by atoms with van der Waals surface area (Å²) in [5.41, 5.74) is 0.299. The highest BCUT2D eigenvalue weighted by molar-refractivity contribution is 9.11. The van der Waals surface area contributed by atoms with Gasteiger partial charge in [0.1, 0.15) is 5.75 Å². The van der Waals surface area contributed by atoms with Gasteiger partial charge in [0.2, 0.25) is 0 Å². The van der Waals surface area contributed by atoms with Crippen LogP contribution in [0.5, 0.6) is 5.75 Å². The molecule has 0 saturated carbocycles. The van der Waals surface area contributed by atoms with E-state index in [2.05, 4.69) is 31.9 Å². The van der Waals surface area contributed by atoms with Gasteiger partial charge >= 0.3 is 5.97 Å². The summed E-state index contributed by atoms with van der Waals surface area (Å²) in [4.78, 5) is 11.9. The second-order valence-corrected chi connectivity index (χ2v) is 5.20. The summed E-state index contributed by atoms with van der Waals surface area (Å²) in [7, 11) is 0. The fourth-order valence-electron chi connectivity index (χ4n) is 1.73. The quantitative estimate of drug-likeness (QED) is 0.800. The fourth-order valence-corrected chi connectivity index (χ4v) is 3.28. The van der Waals surface area contributed by atoms with Crippen molar-refractivity contribution in [1.82, 2.24) is 0 Å². The molecular formula is C13H10Br2O3. The molecule has 0 aliphatic rings. The predicted octanol–water partition coefficient (Wildman–Crippen LogP) is 4.25. The lowest BCUT2D eigenvalue weighted by atomic mass is 10.1. The zero-order valence-electron chi connectivity index (χ0n) is 9.54. The van der Waals surface area contributed by atoms with E-state index < -0.39 is 5.97 Å². The van der Waals surface area contributed by atoms with E-state index in [1.165, 1.54) is 0 Å². The second kappa shape index (κ2) is 5.28. The molecule has 2 rings (SSSR count). The van der Waals surface area contributed by atoms with Crippen molar-refractivity contribution in [3.8, 4) is 5.75 Å². The summed E-state index contributed by atoms with van der Waals surface area (Å²) in [6, 6.07) is 7.28. The van der Waals surface area contributed by atoms with Crippen molar-refractivity contribution in [2.24, 2.45) is 0 Å². The molecule has 0 saturated heterocycles. The average Bonchev–Trinajstić information content (AvgIpc) is 2.37. The zero-order valence-corrected chi connectivity index (χ0v) is 12.7. The summed E-state index contributed by atoms with van der Waals surface area (Å²) in [5, 5.41) is 11.5. The first-order chi connectivity index (χ1) is 8.57. The highest BCUT2D eigenvalue weighted by atomic mass is 79.9. The van der Waals surface area contributed by atoms with Crippen LogP contribution in [-0.2, 0) is 4.74 Å². The molecule has 0 fully saturated rings. The highest BCUT2D eigenvalue weighted by Gasteiger charge is 2.22. The van der Waals surface area contributed by atoms with Crippen LogP contribution in [0.4, 0.5) is 0 Å². The fraction of sp³-hybridized carbons (Fsp3) is 0.154. The van der Waals surface area contributed by atoms with Gasteiger partial charge in [-0.3, -0.25) is 0 Å². The molecule has 0 amide bonds. The summed E-state index contributed by atoms with van der Waals surface area (Å²) in [6.07, 6.45) is 0. The number of halogens is 2. The van der Waals surface area contributed by atoms with Crippen molar-refractivity contribution in [3.63, 3.8) is 0 Å². The van der Waals surface area contributed by atoms with Gasteiger partial charge in [0, 0.05) is 15.2 Å². The summed E-state index contributed by atoms with van der Waals surface area (Å²) in [5.74, 6) is -0.436. The van der Waals surface area contributed by atoms with E-state index in [-0.39, 0.29) is 12.4 Å². The number of hydrogen-bond acceptors (Lipinski definition) is 3. The largest absolute Gasteiger partial charge is 0.506 e. The van der Waals surface area contributed by atoms with Crippen molar-refractivity contribution >= 4 is 48.6 Å². The SMILES string of the molecule is CCOC(=O)c1c(Br)c(O)c2ccccc2c1Br. The van der Waals surface area contributed by atoms with E-state index in [4.69, 9.17) is 4.74 Å². The lowest BCUT2D eigenvalue weighted by molar-refractivity contribution is 0.0524. The van der Waals surface area contributed by atoms with Gasteiger partial charge in [-0.25, -0.2) is 4.79 Å². The van der Waals surface area contributed by atoms with Gasteiger partial charge in [0.15, 0.2) is 0 Å². The maximum Gasteiger partial charge on any atom is 0.340 e. The highest BCUT2D eigenvalue weighted by Crippen LogP contribution is 2.41. The molecule has 0 bridgehead atoms. The molecule has 0 aliphatic heterocycles. The first-order valence-electron chi connectivity index (χ1n) is 5.33. The Morgan fingerprint density at radius 3 is 2.44 bits per heavy atom. The van der Waals surface area contributed by atoms with Gasteiger partial charge in [0.25, 0.3) is 0 Å². The monoisotopic (exact) mass is 372 g/mol. The van der Waals surface area contributed by atoms with Gasteiger partial charge in [-0.2, -0.15) is 0 Å². The lowest BCUT2D eigenvalue weighted by Crippen LogP contribution is -2.07. The molecule has 0 atom stereocenters.